The monoisotopic (exact) mass is 470 g/mol. The number of nitrogens with one attached hydrogen (secondary N) is 1. The molecule has 2 heterocycles. The highest BCUT2D eigenvalue weighted by molar-refractivity contribution is 9.14. The first-order chi connectivity index (χ1) is 10.0. The van der Waals surface area contributed by atoms with Crippen LogP contribution in [0.2, 0.25) is 0 Å². The Hall–Kier alpha value is -1.23. The van der Waals surface area contributed by atoms with E-state index in [2.05, 4.69) is 64.1 Å². The Kier molecular flexibility index (Phi) is 3.86. The Balaban J connectivity index is 2.03. The van der Waals surface area contributed by atoms with Crippen LogP contribution in [0.5, 0.6) is 0 Å². The first-order valence-electron chi connectivity index (χ1n) is 6.00. The summed E-state index contributed by atoms with van der Waals surface area (Å²) in [5.41, 5.74) is 9.26. The van der Waals surface area contributed by atoms with E-state index in [0.717, 1.165) is 30.3 Å². The summed E-state index contributed by atoms with van der Waals surface area (Å²) < 4.78 is 2.89. The SMILES string of the molecule is N#CC1=C(N)NC=C2CN(c3cc(Br)c(Br)c(Br)c3)C=C21. The van der Waals surface area contributed by atoms with Gasteiger partial charge in [0, 0.05) is 43.6 Å². The summed E-state index contributed by atoms with van der Waals surface area (Å²) in [7, 11) is 0. The summed E-state index contributed by atoms with van der Waals surface area (Å²) in [5, 5.41) is 12.2. The molecular weight excluding hydrogens is 464 g/mol. The summed E-state index contributed by atoms with van der Waals surface area (Å²) in [5.74, 6) is 0.396. The van der Waals surface area contributed by atoms with Gasteiger partial charge in [0.15, 0.2) is 0 Å². The summed E-state index contributed by atoms with van der Waals surface area (Å²) in [6, 6.07) is 6.21. The van der Waals surface area contributed by atoms with E-state index >= 15 is 0 Å². The predicted octanol–water partition coefficient (Wildman–Crippen LogP) is 3.86. The fourth-order valence-electron chi connectivity index (χ4n) is 2.28. The average Bonchev–Trinajstić information content (AvgIpc) is 2.88. The van der Waals surface area contributed by atoms with E-state index < -0.39 is 0 Å². The predicted molar refractivity (Wildman–Crippen MR) is 93.0 cm³/mol. The van der Waals surface area contributed by atoms with E-state index in [0.29, 0.717) is 17.9 Å². The molecule has 0 atom stereocenters. The second-order valence-electron chi connectivity index (χ2n) is 4.61. The van der Waals surface area contributed by atoms with Gasteiger partial charge in [-0.05, 0) is 65.5 Å². The maximum absolute atomic E-state index is 9.25. The van der Waals surface area contributed by atoms with Gasteiger partial charge in [0.05, 0.1) is 0 Å². The molecule has 0 aromatic heterocycles. The van der Waals surface area contributed by atoms with Crippen molar-refractivity contribution in [1.29, 1.82) is 5.26 Å². The van der Waals surface area contributed by atoms with E-state index in [-0.39, 0.29) is 0 Å². The maximum Gasteiger partial charge on any atom is 0.119 e. The van der Waals surface area contributed by atoms with Gasteiger partial charge >= 0.3 is 0 Å². The molecule has 2 aliphatic heterocycles. The van der Waals surface area contributed by atoms with Crippen LogP contribution in [0.25, 0.3) is 0 Å². The van der Waals surface area contributed by atoms with Gasteiger partial charge in [-0.2, -0.15) is 5.26 Å². The van der Waals surface area contributed by atoms with Crippen molar-refractivity contribution >= 4 is 53.5 Å². The molecular formula is C14H9Br3N4. The van der Waals surface area contributed by atoms with Gasteiger partial charge in [-0.25, -0.2) is 0 Å². The molecule has 2 aliphatic rings. The average molecular weight is 473 g/mol. The summed E-state index contributed by atoms with van der Waals surface area (Å²) >= 11 is 10.5. The Morgan fingerprint density at radius 3 is 2.52 bits per heavy atom. The minimum Gasteiger partial charge on any atom is -0.384 e. The van der Waals surface area contributed by atoms with Crippen LogP contribution < -0.4 is 16.0 Å². The van der Waals surface area contributed by atoms with Gasteiger partial charge in [0.1, 0.15) is 17.5 Å². The van der Waals surface area contributed by atoms with Gasteiger partial charge < -0.3 is 16.0 Å². The molecule has 3 N–H and O–H groups in total. The van der Waals surface area contributed by atoms with Crippen LogP contribution in [-0.2, 0) is 0 Å². The van der Waals surface area contributed by atoms with Crippen LogP contribution in [0.1, 0.15) is 0 Å². The number of fused-ring (bicyclic) bond motifs is 1. The third-order valence-electron chi connectivity index (χ3n) is 3.32. The number of hydrogen-bond acceptors (Lipinski definition) is 4. The maximum atomic E-state index is 9.25. The molecule has 1 aromatic carbocycles. The van der Waals surface area contributed by atoms with Gasteiger partial charge in [-0.15, -0.1) is 0 Å². The van der Waals surface area contributed by atoms with Crippen molar-refractivity contribution in [2.45, 2.75) is 0 Å². The number of benzene rings is 1. The molecule has 0 amide bonds. The Morgan fingerprint density at radius 2 is 1.90 bits per heavy atom. The lowest BCUT2D eigenvalue weighted by molar-refractivity contribution is 0.961. The molecule has 1 aromatic rings. The fourth-order valence-corrected chi connectivity index (χ4v) is 3.67. The zero-order valence-electron chi connectivity index (χ0n) is 10.6. The lowest BCUT2D eigenvalue weighted by Gasteiger charge is -2.17. The van der Waals surface area contributed by atoms with Crippen LogP contribution in [0.4, 0.5) is 5.69 Å². The Morgan fingerprint density at radius 1 is 1.24 bits per heavy atom. The summed E-state index contributed by atoms with van der Waals surface area (Å²) in [6.07, 6.45) is 3.81. The molecule has 21 heavy (non-hydrogen) atoms. The van der Waals surface area contributed by atoms with E-state index in [4.69, 9.17) is 5.73 Å². The second-order valence-corrected chi connectivity index (χ2v) is 7.11. The smallest absolute Gasteiger partial charge is 0.119 e. The summed E-state index contributed by atoms with van der Waals surface area (Å²) in [6.45, 7) is 0.696. The molecule has 0 spiro atoms. The number of dihydropyridines is 1. The van der Waals surface area contributed by atoms with Crippen molar-refractivity contribution in [3.63, 3.8) is 0 Å². The van der Waals surface area contributed by atoms with Crippen LogP contribution >= 0.6 is 47.8 Å². The van der Waals surface area contributed by atoms with Crippen LogP contribution in [0.3, 0.4) is 0 Å². The highest BCUT2D eigenvalue weighted by atomic mass is 79.9. The third kappa shape index (κ3) is 2.52. The fraction of sp³-hybridized carbons (Fsp3) is 0.0714. The Labute approximate surface area is 147 Å². The lowest BCUT2D eigenvalue weighted by atomic mass is 10.0. The molecule has 0 fully saturated rings. The normalized spacial score (nSPS) is 17.0. The number of hydrogen-bond donors (Lipinski definition) is 2. The standard InChI is InChI=1S/C14H9Br3N4/c15-11-1-8(2-12(16)13(11)17)21-5-7-4-20-14(19)9(3-18)10(7)6-21/h1-2,4,6,20H,5,19H2. The minimum absolute atomic E-state index is 0.396. The van der Waals surface area contributed by atoms with E-state index in [1.54, 1.807) is 0 Å². The zero-order valence-corrected chi connectivity index (χ0v) is 15.4. The lowest BCUT2D eigenvalue weighted by Crippen LogP contribution is -2.22. The van der Waals surface area contributed by atoms with Crippen LogP contribution in [-0.4, -0.2) is 6.54 Å². The molecule has 0 saturated heterocycles. The van der Waals surface area contributed by atoms with Crippen molar-refractivity contribution in [3.8, 4) is 6.07 Å². The molecule has 3 rings (SSSR count). The van der Waals surface area contributed by atoms with Crippen molar-refractivity contribution < 1.29 is 0 Å². The van der Waals surface area contributed by atoms with Crippen molar-refractivity contribution in [1.82, 2.24) is 5.32 Å². The quantitative estimate of drug-likeness (QED) is 0.609. The number of halogens is 3. The molecule has 0 aliphatic carbocycles. The van der Waals surface area contributed by atoms with Gasteiger partial charge in [-0.3, -0.25) is 0 Å². The van der Waals surface area contributed by atoms with Crippen molar-refractivity contribution in [3.05, 3.63) is 60.5 Å². The highest BCUT2D eigenvalue weighted by Gasteiger charge is 2.27. The molecule has 0 saturated carbocycles. The molecule has 7 heteroatoms. The van der Waals surface area contributed by atoms with Crippen LogP contribution in [0, 0.1) is 11.3 Å². The van der Waals surface area contributed by atoms with E-state index in [1.165, 1.54) is 0 Å². The van der Waals surface area contributed by atoms with Crippen LogP contribution in [0.15, 0.2) is 60.5 Å². The third-order valence-corrected chi connectivity index (χ3v) is 6.49. The van der Waals surface area contributed by atoms with Gasteiger partial charge in [-0.1, -0.05) is 0 Å². The van der Waals surface area contributed by atoms with Crippen molar-refractivity contribution in [2.75, 3.05) is 11.4 Å². The number of nitrogens with two attached hydrogens (primary N) is 1. The zero-order chi connectivity index (χ0) is 15.1. The largest absolute Gasteiger partial charge is 0.384 e. The minimum atomic E-state index is 0.396. The second kappa shape index (κ2) is 5.52. The molecule has 4 nitrogen and oxygen atoms in total. The number of rotatable bonds is 1. The number of nitriles is 1. The molecule has 0 unspecified atom stereocenters. The summed E-state index contributed by atoms with van der Waals surface area (Å²) in [4.78, 5) is 2.08. The van der Waals surface area contributed by atoms with Crippen molar-refractivity contribution in [2.24, 2.45) is 5.73 Å². The first-order valence-corrected chi connectivity index (χ1v) is 8.38. The molecule has 0 radical (unpaired) electrons. The first kappa shape index (κ1) is 14.7. The Bertz CT molecular complexity index is 748. The number of anilines is 1. The van der Waals surface area contributed by atoms with Gasteiger partial charge in [0.2, 0.25) is 0 Å². The number of allylic oxidation sites excluding steroid dienone is 1. The van der Waals surface area contributed by atoms with Gasteiger partial charge in [0.25, 0.3) is 0 Å². The molecule has 106 valence electrons. The topological polar surface area (TPSA) is 65.1 Å². The molecule has 0 bridgehead atoms. The highest BCUT2D eigenvalue weighted by Crippen LogP contribution is 2.38. The van der Waals surface area contributed by atoms with E-state index in [9.17, 15) is 5.26 Å². The van der Waals surface area contributed by atoms with E-state index in [1.807, 2.05) is 24.5 Å². The number of nitrogens with zero attached hydrogens (tertiary/aromatic N) is 2.